The van der Waals surface area contributed by atoms with Crippen LogP contribution in [0.2, 0.25) is 0 Å². The van der Waals surface area contributed by atoms with E-state index in [1.165, 1.54) is 83.5 Å². The number of hydrogen-bond acceptors (Lipinski definition) is 2. The van der Waals surface area contributed by atoms with Crippen LogP contribution in [-0.2, 0) is 12.8 Å². The van der Waals surface area contributed by atoms with E-state index in [1.54, 1.807) is 0 Å². The van der Waals surface area contributed by atoms with E-state index < -0.39 is 0 Å². The fourth-order valence-corrected chi connectivity index (χ4v) is 9.74. The molecule has 0 spiro atoms. The summed E-state index contributed by atoms with van der Waals surface area (Å²) in [6, 6.07) is 66.4. The molecule has 0 bridgehead atoms. The van der Waals surface area contributed by atoms with Gasteiger partial charge in [0, 0.05) is 21.5 Å². The predicted octanol–water partition coefficient (Wildman–Crippen LogP) is 15.3. The second-order valence-corrected chi connectivity index (χ2v) is 16.0. The third-order valence-corrected chi connectivity index (χ3v) is 12.7. The molecule has 0 N–H and O–H groups in total. The first kappa shape index (κ1) is 31.7. The zero-order valence-electron chi connectivity index (χ0n) is 31.6. The van der Waals surface area contributed by atoms with Crippen LogP contribution in [0.5, 0.6) is 0 Å². The molecular weight excluding hydrogens is 705 g/mol. The minimum atomic E-state index is 0.868. The Morgan fingerprint density at radius 3 is 1.03 bits per heavy atom. The summed E-state index contributed by atoms with van der Waals surface area (Å²) in [7, 11) is 0. The molecule has 2 nitrogen and oxygen atoms in total. The van der Waals surface area contributed by atoms with Crippen molar-refractivity contribution in [3.63, 3.8) is 0 Å². The van der Waals surface area contributed by atoms with Gasteiger partial charge in [0.05, 0.1) is 0 Å². The van der Waals surface area contributed by atoms with Gasteiger partial charge in [0.2, 0.25) is 0 Å². The maximum absolute atomic E-state index is 6.44. The van der Waals surface area contributed by atoms with Gasteiger partial charge >= 0.3 is 0 Å². The molecule has 0 aliphatic heterocycles. The molecule has 2 aliphatic carbocycles. The number of hydrogen-bond donors (Lipinski definition) is 0. The predicted molar refractivity (Wildman–Crippen MR) is 239 cm³/mol. The molecule has 0 saturated heterocycles. The third kappa shape index (κ3) is 4.85. The van der Waals surface area contributed by atoms with E-state index in [0.717, 1.165) is 62.3 Å². The minimum Gasteiger partial charge on any atom is -0.456 e. The van der Waals surface area contributed by atoms with Crippen molar-refractivity contribution < 1.29 is 8.83 Å². The van der Waals surface area contributed by atoms with Crippen molar-refractivity contribution in [3.05, 3.63) is 204 Å². The number of benzene rings is 9. The van der Waals surface area contributed by atoms with Gasteiger partial charge in [0.15, 0.2) is 0 Å². The van der Waals surface area contributed by atoms with E-state index in [2.05, 4.69) is 176 Å². The lowest BCUT2D eigenvalue weighted by atomic mass is 9.94. The molecule has 2 heteroatoms. The lowest BCUT2D eigenvalue weighted by molar-refractivity contribution is 0.664. The summed E-state index contributed by atoms with van der Waals surface area (Å²) in [5.41, 5.74) is 24.5. The first-order chi connectivity index (χ1) is 28.7. The third-order valence-electron chi connectivity index (χ3n) is 12.7. The highest BCUT2D eigenvalue weighted by Crippen LogP contribution is 2.47. The second-order valence-electron chi connectivity index (χ2n) is 16.0. The van der Waals surface area contributed by atoms with Gasteiger partial charge in [-0.15, -0.1) is 0 Å². The van der Waals surface area contributed by atoms with E-state index >= 15 is 0 Å². The fraction of sp³-hybridized carbons (Fsp3) is 0.0357. The van der Waals surface area contributed by atoms with Crippen LogP contribution < -0.4 is 0 Å². The van der Waals surface area contributed by atoms with Crippen LogP contribution in [0, 0.1) is 0 Å². The molecule has 2 heterocycles. The van der Waals surface area contributed by atoms with Gasteiger partial charge in [0.1, 0.15) is 22.3 Å². The molecular formula is C56H34O2. The average Bonchev–Trinajstić information content (AvgIpc) is 4.04. The Bertz CT molecular complexity index is 3470. The molecule has 2 aromatic heterocycles. The Morgan fingerprint density at radius 2 is 0.586 bits per heavy atom. The smallest absolute Gasteiger partial charge is 0.136 e. The zero-order chi connectivity index (χ0) is 37.9. The maximum atomic E-state index is 6.44. The largest absolute Gasteiger partial charge is 0.456 e. The van der Waals surface area contributed by atoms with Crippen molar-refractivity contribution in [2.24, 2.45) is 0 Å². The number of furan rings is 2. The monoisotopic (exact) mass is 738 g/mol. The molecule has 13 rings (SSSR count). The van der Waals surface area contributed by atoms with Crippen molar-refractivity contribution in [2.75, 3.05) is 0 Å². The number of rotatable bonds is 4. The highest BCUT2D eigenvalue weighted by molar-refractivity contribution is 6.15. The fourth-order valence-electron chi connectivity index (χ4n) is 9.74. The van der Waals surface area contributed by atoms with E-state index in [1.807, 2.05) is 6.07 Å². The lowest BCUT2D eigenvalue weighted by Gasteiger charge is -2.09. The van der Waals surface area contributed by atoms with Crippen molar-refractivity contribution in [1.29, 1.82) is 0 Å². The SMILES string of the molecule is c1ccc(-c2ccc3c(c2)-c2cc4c(cc2C3)-c2cc(-c3ccc(-c5ccc6oc7cc8c(cc7c6c5)oc5ccc(-c6ccccc6)cc58)cc3)ccc2C4)cc1. The van der Waals surface area contributed by atoms with Gasteiger partial charge in [0.25, 0.3) is 0 Å². The summed E-state index contributed by atoms with van der Waals surface area (Å²) in [6.45, 7) is 0. The molecule has 270 valence electrons. The molecule has 0 fully saturated rings. The summed E-state index contributed by atoms with van der Waals surface area (Å²) < 4.78 is 12.8. The van der Waals surface area contributed by atoms with Gasteiger partial charge in [-0.1, -0.05) is 121 Å². The number of fused-ring (bicyclic) bond motifs is 12. The van der Waals surface area contributed by atoms with Crippen molar-refractivity contribution in [3.8, 4) is 66.8 Å². The molecule has 0 saturated carbocycles. The van der Waals surface area contributed by atoms with E-state index in [9.17, 15) is 0 Å². The van der Waals surface area contributed by atoms with E-state index in [4.69, 9.17) is 8.83 Å². The van der Waals surface area contributed by atoms with Gasteiger partial charge < -0.3 is 8.83 Å². The molecule has 9 aromatic carbocycles. The summed E-state index contributed by atoms with van der Waals surface area (Å²) in [4.78, 5) is 0. The van der Waals surface area contributed by atoms with Crippen molar-refractivity contribution >= 4 is 43.9 Å². The highest BCUT2D eigenvalue weighted by Gasteiger charge is 2.26. The maximum Gasteiger partial charge on any atom is 0.136 e. The van der Waals surface area contributed by atoms with Crippen LogP contribution in [0.4, 0.5) is 0 Å². The van der Waals surface area contributed by atoms with Crippen molar-refractivity contribution in [1.82, 2.24) is 0 Å². The standard InChI is InChI=1S/C56H34O2/c1-3-7-33(8-4-1)37-15-17-41-23-43-30-48-44(29-47(43)45(41)25-37)24-42-18-16-38(26-46(42)48)35-11-13-36(14-12-35)40-20-22-54-50(28-40)52-32-55-51(31-56(52)58-54)49-27-39(19-21-53(49)57-55)34-9-5-2-6-10-34/h1-22,25-32H,23-24H2. The van der Waals surface area contributed by atoms with Gasteiger partial charge in [-0.05, 0) is 163 Å². The molecule has 0 unspecified atom stereocenters. The first-order valence-corrected chi connectivity index (χ1v) is 20.1. The van der Waals surface area contributed by atoms with Crippen molar-refractivity contribution in [2.45, 2.75) is 12.8 Å². The lowest BCUT2D eigenvalue weighted by Crippen LogP contribution is -1.86. The Kier molecular flexibility index (Phi) is 6.59. The highest BCUT2D eigenvalue weighted by atomic mass is 16.3. The molecule has 11 aromatic rings. The Morgan fingerprint density at radius 1 is 0.241 bits per heavy atom. The van der Waals surface area contributed by atoms with Crippen LogP contribution >= 0.6 is 0 Å². The van der Waals surface area contributed by atoms with Crippen LogP contribution in [0.25, 0.3) is 111 Å². The van der Waals surface area contributed by atoms with Crippen LogP contribution in [0.1, 0.15) is 22.3 Å². The summed E-state index contributed by atoms with van der Waals surface area (Å²) in [5, 5.41) is 4.32. The molecule has 0 radical (unpaired) electrons. The molecule has 58 heavy (non-hydrogen) atoms. The van der Waals surface area contributed by atoms with E-state index in [-0.39, 0.29) is 0 Å². The average molecular weight is 739 g/mol. The molecule has 2 aliphatic rings. The Labute approximate surface area is 335 Å². The van der Waals surface area contributed by atoms with Gasteiger partial charge in [-0.25, -0.2) is 0 Å². The summed E-state index contributed by atoms with van der Waals surface area (Å²) in [5.74, 6) is 0. The Balaban J connectivity index is 0.808. The van der Waals surface area contributed by atoms with Crippen LogP contribution in [-0.4, -0.2) is 0 Å². The normalized spacial score (nSPS) is 12.7. The zero-order valence-corrected chi connectivity index (χ0v) is 31.6. The molecule has 0 amide bonds. The second kappa shape index (κ2) is 12.0. The first-order valence-electron chi connectivity index (χ1n) is 20.1. The van der Waals surface area contributed by atoms with Crippen LogP contribution in [0.15, 0.2) is 191 Å². The van der Waals surface area contributed by atoms with Gasteiger partial charge in [-0.3, -0.25) is 0 Å². The quantitative estimate of drug-likeness (QED) is 0.180. The van der Waals surface area contributed by atoms with Crippen LogP contribution in [0.3, 0.4) is 0 Å². The van der Waals surface area contributed by atoms with E-state index in [0.29, 0.717) is 0 Å². The molecule has 0 atom stereocenters. The summed E-state index contributed by atoms with van der Waals surface area (Å²) >= 11 is 0. The minimum absolute atomic E-state index is 0.868. The Hall–Kier alpha value is -7.42. The van der Waals surface area contributed by atoms with Gasteiger partial charge in [-0.2, -0.15) is 0 Å². The topological polar surface area (TPSA) is 26.3 Å². The summed E-state index contributed by atoms with van der Waals surface area (Å²) in [6.07, 6.45) is 1.97.